The topological polar surface area (TPSA) is 72.4 Å². The maximum absolute atomic E-state index is 11.8. The highest BCUT2D eigenvalue weighted by Gasteiger charge is 2.21. The Morgan fingerprint density at radius 1 is 1.35 bits per heavy atom. The molecule has 2 aromatic rings. The van der Waals surface area contributed by atoms with Gasteiger partial charge in [0.05, 0.1) is 16.5 Å². The number of anilines is 1. The SMILES string of the molecule is CCN(CC1CCCO1)c1ncnc2ccc(S(C)(=O)=O)cc12. The third kappa shape index (κ3) is 3.45. The van der Waals surface area contributed by atoms with Gasteiger partial charge in [-0.05, 0) is 38.0 Å². The van der Waals surface area contributed by atoms with E-state index in [4.69, 9.17) is 4.74 Å². The molecule has 0 spiro atoms. The van der Waals surface area contributed by atoms with Crippen molar-refractivity contribution in [2.45, 2.75) is 30.8 Å². The zero-order valence-electron chi connectivity index (χ0n) is 13.4. The van der Waals surface area contributed by atoms with Gasteiger partial charge in [0.15, 0.2) is 9.84 Å². The van der Waals surface area contributed by atoms with Gasteiger partial charge in [-0.1, -0.05) is 0 Å². The number of hydrogen-bond donors (Lipinski definition) is 0. The monoisotopic (exact) mass is 335 g/mol. The van der Waals surface area contributed by atoms with Gasteiger partial charge >= 0.3 is 0 Å². The molecule has 1 atom stereocenters. The van der Waals surface area contributed by atoms with Crippen molar-refractivity contribution >= 4 is 26.6 Å². The van der Waals surface area contributed by atoms with Crippen LogP contribution in [0.1, 0.15) is 19.8 Å². The highest BCUT2D eigenvalue weighted by atomic mass is 32.2. The summed E-state index contributed by atoms with van der Waals surface area (Å²) in [5.41, 5.74) is 0.744. The van der Waals surface area contributed by atoms with Crippen LogP contribution in [0, 0.1) is 0 Å². The molecule has 3 rings (SSSR count). The fraction of sp³-hybridized carbons (Fsp3) is 0.500. The first kappa shape index (κ1) is 16.1. The lowest BCUT2D eigenvalue weighted by Crippen LogP contribution is -2.32. The fourth-order valence-electron chi connectivity index (χ4n) is 2.90. The van der Waals surface area contributed by atoms with Gasteiger partial charge in [-0.15, -0.1) is 0 Å². The predicted molar refractivity (Wildman–Crippen MR) is 89.5 cm³/mol. The number of sulfone groups is 1. The van der Waals surface area contributed by atoms with Crippen LogP contribution in [0.3, 0.4) is 0 Å². The van der Waals surface area contributed by atoms with Gasteiger partial charge in [0.1, 0.15) is 12.1 Å². The zero-order chi connectivity index (χ0) is 16.4. The van der Waals surface area contributed by atoms with Crippen LogP contribution in [0.25, 0.3) is 10.9 Å². The summed E-state index contributed by atoms with van der Waals surface area (Å²) in [5.74, 6) is 0.763. The van der Waals surface area contributed by atoms with Crippen molar-refractivity contribution in [1.82, 2.24) is 9.97 Å². The van der Waals surface area contributed by atoms with E-state index in [2.05, 4.69) is 21.8 Å². The van der Waals surface area contributed by atoms with Gasteiger partial charge in [0.2, 0.25) is 0 Å². The van der Waals surface area contributed by atoms with E-state index in [0.717, 1.165) is 49.3 Å². The van der Waals surface area contributed by atoms with Crippen molar-refractivity contribution in [1.29, 1.82) is 0 Å². The first-order chi connectivity index (χ1) is 11.0. The standard InChI is InChI=1S/C16H21N3O3S/c1-3-19(10-12-5-4-8-22-12)16-14-9-13(23(2,20)21)6-7-15(14)17-11-18-16/h6-7,9,11-12H,3-5,8,10H2,1-2H3. The van der Waals surface area contributed by atoms with Crippen LogP contribution in [0.2, 0.25) is 0 Å². The summed E-state index contributed by atoms with van der Waals surface area (Å²) in [5, 5.41) is 0.760. The third-order valence-corrected chi connectivity index (χ3v) is 5.25. The van der Waals surface area contributed by atoms with Crippen LogP contribution in [0.4, 0.5) is 5.82 Å². The van der Waals surface area contributed by atoms with Gasteiger partial charge in [0.25, 0.3) is 0 Å². The quantitative estimate of drug-likeness (QED) is 0.832. The molecule has 1 fully saturated rings. The van der Waals surface area contributed by atoms with Crippen LogP contribution in [0.5, 0.6) is 0 Å². The lowest BCUT2D eigenvalue weighted by atomic mass is 10.2. The van der Waals surface area contributed by atoms with E-state index in [-0.39, 0.29) is 11.0 Å². The summed E-state index contributed by atoms with van der Waals surface area (Å²) in [4.78, 5) is 11.1. The molecule has 1 aliphatic heterocycles. The minimum atomic E-state index is -3.26. The molecular formula is C16H21N3O3S. The molecule has 1 unspecified atom stereocenters. The molecule has 0 amide bonds. The first-order valence-electron chi connectivity index (χ1n) is 7.80. The number of aromatic nitrogens is 2. The predicted octanol–water partition coefficient (Wildman–Crippen LogP) is 2.04. The van der Waals surface area contributed by atoms with Crippen LogP contribution in [-0.2, 0) is 14.6 Å². The first-order valence-corrected chi connectivity index (χ1v) is 9.69. The van der Waals surface area contributed by atoms with Crippen molar-refractivity contribution in [3.05, 3.63) is 24.5 Å². The Kier molecular flexibility index (Phi) is 4.50. The van der Waals surface area contributed by atoms with Crippen LogP contribution in [-0.4, -0.2) is 50.4 Å². The molecule has 0 aliphatic carbocycles. The van der Waals surface area contributed by atoms with E-state index in [9.17, 15) is 8.42 Å². The van der Waals surface area contributed by atoms with Crippen molar-refractivity contribution in [3.63, 3.8) is 0 Å². The lowest BCUT2D eigenvalue weighted by molar-refractivity contribution is 0.115. The van der Waals surface area contributed by atoms with Gasteiger partial charge < -0.3 is 9.64 Å². The number of rotatable bonds is 5. The molecule has 0 bridgehead atoms. The Hall–Kier alpha value is -1.73. The average Bonchev–Trinajstić information content (AvgIpc) is 3.04. The van der Waals surface area contributed by atoms with E-state index in [1.165, 1.54) is 12.6 Å². The molecule has 124 valence electrons. The number of fused-ring (bicyclic) bond motifs is 1. The van der Waals surface area contributed by atoms with E-state index in [1.54, 1.807) is 18.2 Å². The molecule has 6 nitrogen and oxygen atoms in total. The fourth-order valence-corrected chi connectivity index (χ4v) is 3.55. The molecule has 0 radical (unpaired) electrons. The minimum absolute atomic E-state index is 0.207. The molecule has 0 saturated carbocycles. The number of hydrogen-bond acceptors (Lipinski definition) is 6. The van der Waals surface area contributed by atoms with E-state index < -0.39 is 9.84 Å². The molecule has 2 heterocycles. The van der Waals surface area contributed by atoms with Gasteiger partial charge in [0, 0.05) is 31.3 Å². The molecule has 1 aromatic carbocycles. The Balaban J connectivity index is 2.03. The van der Waals surface area contributed by atoms with Crippen molar-refractivity contribution < 1.29 is 13.2 Å². The normalized spacial score (nSPS) is 18.4. The second-order valence-electron chi connectivity index (χ2n) is 5.82. The molecule has 0 N–H and O–H groups in total. The second kappa shape index (κ2) is 6.41. The van der Waals surface area contributed by atoms with Gasteiger partial charge in [-0.25, -0.2) is 18.4 Å². The molecule has 1 aromatic heterocycles. The Bertz CT molecular complexity index is 801. The maximum atomic E-state index is 11.8. The Morgan fingerprint density at radius 2 is 2.17 bits per heavy atom. The van der Waals surface area contributed by atoms with E-state index in [1.807, 2.05) is 0 Å². The molecular weight excluding hydrogens is 314 g/mol. The van der Waals surface area contributed by atoms with Crippen LogP contribution in [0.15, 0.2) is 29.4 Å². The summed E-state index contributed by atoms with van der Waals surface area (Å²) in [6, 6.07) is 4.99. The molecule has 23 heavy (non-hydrogen) atoms. The van der Waals surface area contributed by atoms with Gasteiger partial charge in [-0.3, -0.25) is 0 Å². The largest absolute Gasteiger partial charge is 0.376 e. The van der Waals surface area contributed by atoms with Crippen molar-refractivity contribution in [3.8, 4) is 0 Å². The highest BCUT2D eigenvalue weighted by molar-refractivity contribution is 7.90. The summed E-state index contributed by atoms with van der Waals surface area (Å²) in [7, 11) is -3.26. The minimum Gasteiger partial charge on any atom is -0.376 e. The average molecular weight is 335 g/mol. The van der Waals surface area contributed by atoms with E-state index >= 15 is 0 Å². The summed E-state index contributed by atoms with van der Waals surface area (Å²) >= 11 is 0. The number of likely N-dealkylation sites (N-methyl/N-ethyl adjacent to an activating group) is 1. The summed E-state index contributed by atoms with van der Waals surface area (Å²) in [6.07, 6.45) is 5.08. The second-order valence-corrected chi connectivity index (χ2v) is 7.84. The number of ether oxygens (including phenoxy) is 1. The lowest BCUT2D eigenvalue weighted by Gasteiger charge is -2.26. The number of nitrogens with zero attached hydrogens (tertiary/aromatic N) is 3. The van der Waals surface area contributed by atoms with E-state index in [0.29, 0.717) is 0 Å². The molecule has 1 aliphatic rings. The smallest absolute Gasteiger partial charge is 0.175 e. The van der Waals surface area contributed by atoms with Crippen molar-refractivity contribution in [2.24, 2.45) is 0 Å². The maximum Gasteiger partial charge on any atom is 0.175 e. The Morgan fingerprint density at radius 3 is 2.83 bits per heavy atom. The molecule has 7 heteroatoms. The summed E-state index contributed by atoms with van der Waals surface area (Å²) < 4.78 is 29.4. The van der Waals surface area contributed by atoms with Gasteiger partial charge in [-0.2, -0.15) is 0 Å². The summed E-state index contributed by atoms with van der Waals surface area (Å²) in [6.45, 7) is 4.40. The number of benzene rings is 1. The van der Waals surface area contributed by atoms with Crippen LogP contribution >= 0.6 is 0 Å². The van der Waals surface area contributed by atoms with Crippen LogP contribution < -0.4 is 4.90 Å². The van der Waals surface area contributed by atoms with Crippen molar-refractivity contribution in [2.75, 3.05) is 30.9 Å². The Labute approximate surface area is 136 Å². The highest BCUT2D eigenvalue weighted by Crippen LogP contribution is 2.27. The zero-order valence-corrected chi connectivity index (χ0v) is 14.2. The molecule has 1 saturated heterocycles. The third-order valence-electron chi connectivity index (χ3n) is 4.14.